The van der Waals surface area contributed by atoms with E-state index in [9.17, 15) is 4.79 Å². The van der Waals surface area contributed by atoms with Gasteiger partial charge in [0.1, 0.15) is 11.9 Å². The van der Waals surface area contributed by atoms with Crippen molar-refractivity contribution in [2.24, 2.45) is 5.92 Å². The van der Waals surface area contributed by atoms with Crippen LogP contribution >= 0.6 is 0 Å². The summed E-state index contributed by atoms with van der Waals surface area (Å²) in [6, 6.07) is 16.9. The molecule has 0 aromatic heterocycles. The van der Waals surface area contributed by atoms with E-state index in [1.807, 2.05) is 0 Å². The molecule has 2 atom stereocenters. The zero-order valence-corrected chi connectivity index (χ0v) is 22.1. The highest BCUT2D eigenvalue weighted by Crippen LogP contribution is 2.37. The molecule has 3 heteroatoms. The minimum Gasteiger partial charge on any atom is -0.494 e. The van der Waals surface area contributed by atoms with Crippen molar-refractivity contribution < 1.29 is 14.3 Å². The number of carbonyl (C=O) groups excluding carboxylic acids is 1. The zero-order chi connectivity index (χ0) is 24.7. The number of ether oxygens (including phenoxy) is 2. The Bertz CT molecular complexity index is 840. The summed E-state index contributed by atoms with van der Waals surface area (Å²) in [5, 5.41) is 0. The molecule has 1 heterocycles. The lowest BCUT2D eigenvalue weighted by Crippen LogP contribution is -2.06. The highest BCUT2D eigenvalue weighted by molar-refractivity contribution is 5.75. The van der Waals surface area contributed by atoms with E-state index in [2.05, 4.69) is 62.4 Å². The zero-order valence-electron chi connectivity index (χ0n) is 22.1. The molecular formula is C32H46O3. The molecule has 3 rings (SSSR count). The molecule has 1 aliphatic rings. The first-order valence-electron chi connectivity index (χ1n) is 14.2. The second kappa shape index (κ2) is 15.7. The van der Waals surface area contributed by atoms with Gasteiger partial charge >= 0.3 is 5.97 Å². The number of rotatable bonds is 17. The molecule has 2 aromatic carbocycles. The molecule has 0 bridgehead atoms. The van der Waals surface area contributed by atoms with Crippen molar-refractivity contribution in [1.82, 2.24) is 0 Å². The van der Waals surface area contributed by atoms with Gasteiger partial charge < -0.3 is 9.47 Å². The lowest BCUT2D eigenvalue weighted by molar-refractivity contribution is -0.144. The topological polar surface area (TPSA) is 35.5 Å². The lowest BCUT2D eigenvalue weighted by atomic mass is 9.94. The van der Waals surface area contributed by atoms with E-state index < -0.39 is 0 Å². The van der Waals surface area contributed by atoms with Gasteiger partial charge in [-0.15, -0.1) is 0 Å². The largest absolute Gasteiger partial charge is 0.494 e. The molecule has 0 spiro atoms. The molecule has 0 amide bonds. The minimum atomic E-state index is -0.0978. The molecule has 0 saturated carbocycles. The third-order valence-corrected chi connectivity index (χ3v) is 7.23. The van der Waals surface area contributed by atoms with Crippen LogP contribution in [0.5, 0.6) is 5.75 Å². The molecule has 0 N–H and O–H groups in total. The monoisotopic (exact) mass is 478 g/mol. The van der Waals surface area contributed by atoms with Gasteiger partial charge in [0.15, 0.2) is 0 Å². The van der Waals surface area contributed by atoms with E-state index in [1.165, 1.54) is 75.3 Å². The van der Waals surface area contributed by atoms with Crippen molar-refractivity contribution in [3.8, 4) is 16.9 Å². The van der Waals surface area contributed by atoms with E-state index in [-0.39, 0.29) is 18.0 Å². The maximum absolute atomic E-state index is 12.4. The third-order valence-electron chi connectivity index (χ3n) is 7.23. The average Bonchev–Trinajstić information content (AvgIpc) is 3.26. The predicted molar refractivity (Wildman–Crippen MR) is 146 cm³/mol. The number of carbonyl (C=O) groups is 1. The molecule has 2 aromatic rings. The predicted octanol–water partition coefficient (Wildman–Crippen LogP) is 9.45. The van der Waals surface area contributed by atoms with Gasteiger partial charge in [-0.05, 0) is 41.7 Å². The summed E-state index contributed by atoms with van der Waals surface area (Å²) in [6.07, 6.45) is 16.9. The van der Waals surface area contributed by atoms with Crippen LogP contribution in [0.2, 0.25) is 0 Å². The number of hydrogen-bond donors (Lipinski definition) is 0. The van der Waals surface area contributed by atoms with Crippen LogP contribution in [0, 0.1) is 5.92 Å². The Hall–Kier alpha value is -2.29. The van der Waals surface area contributed by atoms with Crippen molar-refractivity contribution >= 4 is 5.97 Å². The molecular weight excluding hydrogens is 432 g/mol. The van der Waals surface area contributed by atoms with E-state index >= 15 is 0 Å². The van der Waals surface area contributed by atoms with Gasteiger partial charge in [-0.25, -0.2) is 0 Å². The Kier molecular flexibility index (Phi) is 12.2. The first kappa shape index (κ1) is 27.3. The van der Waals surface area contributed by atoms with Crippen LogP contribution in [0.15, 0.2) is 48.5 Å². The average molecular weight is 479 g/mol. The Balaban J connectivity index is 1.41. The molecule has 35 heavy (non-hydrogen) atoms. The quantitative estimate of drug-likeness (QED) is 0.168. The second-order valence-corrected chi connectivity index (χ2v) is 10.2. The summed E-state index contributed by atoms with van der Waals surface area (Å²) in [7, 11) is 0. The molecule has 1 fully saturated rings. The highest BCUT2D eigenvalue weighted by Gasteiger charge is 2.34. The number of esters is 1. The molecule has 1 saturated heterocycles. The fraction of sp³-hybridized carbons (Fsp3) is 0.594. The van der Waals surface area contributed by atoms with Gasteiger partial charge in [-0.1, -0.05) is 121 Å². The summed E-state index contributed by atoms with van der Waals surface area (Å²) in [5.74, 6) is 0.993. The molecule has 3 nitrogen and oxygen atoms in total. The van der Waals surface area contributed by atoms with Crippen LogP contribution in [0.4, 0.5) is 0 Å². The van der Waals surface area contributed by atoms with Crippen LogP contribution in [-0.2, 0) is 9.53 Å². The third kappa shape index (κ3) is 9.35. The Morgan fingerprint density at radius 3 is 1.89 bits per heavy atom. The van der Waals surface area contributed by atoms with Crippen LogP contribution in [0.25, 0.3) is 11.1 Å². The van der Waals surface area contributed by atoms with E-state index in [4.69, 9.17) is 9.47 Å². The SMILES string of the molecule is CCCCCCCCOc1ccc(-c2ccc(C3CC(CCCCCCCC)C(=O)O3)cc2)cc1. The normalized spacial score (nSPS) is 17.5. The molecule has 0 aliphatic carbocycles. The standard InChI is InChI=1S/C32H46O3/c1-3-5-7-9-11-13-15-29-25-31(35-32(29)33)28-18-16-26(17-19-28)27-20-22-30(23-21-27)34-24-14-12-10-8-6-4-2/h16-23,29,31H,3-15,24-25H2,1-2H3. The Morgan fingerprint density at radius 1 is 0.714 bits per heavy atom. The van der Waals surface area contributed by atoms with Crippen LogP contribution in [0.3, 0.4) is 0 Å². The highest BCUT2D eigenvalue weighted by atomic mass is 16.6. The summed E-state index contributed by atoms with van der Waals surface area (Å²) in [5.41, 5.74) is 3.45. The molecule has 192 valence electrons. The number of hydrogen-bond acceptors (Lipinski definition) is 3. The van der Waals surface area contributed by atoms with Crippen molar-refractivity contribution in [3.05, 3.63) is 54.1 Å². The number of unbranched alkanes of at least 4 members (excludes halogenated alkanes) is 10. The first-order chi connectivity index (χ1) is 17.2. The molecule has 0 radical (unpaired) electrons. The fourth-order valence-electron chi connectivity index (χ4n) is 4.96. The van der Waals surface area contributed by atoms with E-state index in [0.717, 1.165) is 43.6 Å². The summed E-state index contributed by atoms with van der Waals surface area (Å²) in [4.78, 5) is 12.4. The number of benzene rings is 2. The van der Waals surface area contributed by atoms with Crippen molar-refractivity contribution in [2.45, 2.75) is 110 Å². The van der Waals surface area contributed by atoms with Crippen molar-refractivity contribution in [1.29, 1.82) is 0 Å². The minimum absolute atomic E-state index is 0.0100. The van der Waals surface area contributed by atoms with Gasteiger partial charge in [-0.3, -0.25) is 4.79 Å². The van der Waals surface area contributed by atoms with Crippen LogP contribution in [0.1, 0.15) is 115 Å². The maximum atomic E-state index is 12.4. The van der Waals surface area contributed by atoms with Gasteiger partial charge in [-0.2, -0.15) is 0 Å². The van der Waals surface area contributed by atoms with E-state index in [1.54, 1.807) is 0 Å². The van der Waals surface area contributed by atoms with E-state index in [0.29, 0.717) is 0 Å². The van der Waals surface area contributed by atoms with Gasteiger partial charge in [0.2, 0.25) is 0 Å². The smallest absolute Gasteiger partial charge is 0.309 e. The summed E-state index contributed by atoms with van der Waals surface area (Å²) in [6.45, 7) is 5.28. The second-order valence-electron chi connectivity index (χ2n) is 10.2. The summed E-state index contributed by atoms with van der Waals surface area (Å²) < 4.78 is 11.6. The first-order valence-corrected chi connectivity index (χ1v) is 14.2. The Labute approximate surface area is 213 Å². The van der Waals surface area contributed by atoms with Crippen molar-refractivity contribution in [3.63, 3.8) is 0 Å². The summed E-state index contributed by atoms with van der Waals surface area (Å²) >= 11 is 0. The van der Waals surface area contributed by atoms with Gasteiger partial charge in [0, 0.05) is 6.42 Å². The lowest BCUT2D eigenvalue weighted by Gasteiger charge is -2.11. The molecule has 2 unspecified atom stereocenters. The van der Waals surface area contributed by atoms with Crippen LogP contribution in [-0.4, -0.2) is 12.6 Å². The van der Waals surface area contributed by atoms with Crippen molar-refractivity contribution in [2.75, 3.05) is 6.61 Å². The van der Waals surface area contributed by atoms with Crippen LogP contribution < -0.4 is 4.74 Å². The van der Waals surface area contributed by atoms with Gasteiger partial charge in [0.05, 0.1) is 12.5 Å². The Morgan fingerprint density at radius 2 is 1.26 bits per heavy atom. The molecule has 1 aliphatic heterocycles. The number of cyclic esters (lactones) is 1. The fourth-order valence-corrected chi connectivity index (χ4v) is 4.96. The maximum Gasteiger partial charge on any atom is 0.309 e. The van der Waals surface area contributed by atoms with Gasteiger partial charge in [0.25, 0.3) is 0 Å².